The molecule has 7 heteroatoms. The number of hydrogen-bond donors (Lipinski definition) is 1. The molecule has 140 valence electrons. The van der Waals surface area contributed by atoms with Crippen molar-refractivity contribution in [3.63, 3.8) is 0 Å². The molecule has 2 aromatic carbocycles. The number of piperazine rings is 1. The van der Waals surface area contributed by atoms with Crippen molar-refractivity contribution >= 4 is 27.5 Å². The van der Waals surface area contributed by atoms with Gasteiger partial charge in [0.05, 0.1) is 36.4 Å². The van der Waals surface area contributed by atoms with Crippen LogP contribution >= 0.6 is 11.3 Å². The second kappa shape index (κ2) is 8.02. The van der Waals surface area contributed by atoms with Gasteiger partial charge >= 0.3 is 0 Å². The molecule has 2 heterocycles. The standard InChI is InChI=1S/C20H20FN3O2S/c21-15-4-3-5-16(12-15)26-14-20(25)24-10-8-23(9-11-24)13-19-22-17-6-1-2-7-18(17)27-19/h1-7,12H,8-11,13-14H2/p+1. The molecule has 0 atom stereocenters. The van der Waals surface area contributed by atoms with Gasteiger partial charge in [0, 0.05) is 6.07 Å². The van der Waals surface area contributed by atoms with E-state index in [1.807, 2.05) is 23.1 Å². The molecular weight excluding hydrogens is 365 g/mol. The average molecular weight is 386 g/mol. The maximum Gasteiger partial charge on any atom is 0.260 e. The predicted octanol–water partition coefficient (Wildman–Crippen LogP) is 1.74. The molecule has 0 saturated carbocycles. The summed E-state index contributed by atoms with van der Waals surface area (Å²) in [6.07, 6.45) is 0. The van der Waals surface area contributed by atoms with Crippen LogP contribution in [0.5, 0.6) is 5.75 Å². The number of aromatic nitrogens is 1. The Hall–Kier alpha value is -2.51. The topological polar surface area (TPSA) is 46.9 Å². The maximum atomic E-state index is 13.2. The highest BCUT2D eigenvalue weighted by atomic mass is 32.1. The highest BCUT2D eigenvalue weighted by Crippen LogP contribution is 2.20. The molecule has 1 aliphatic heterocycles. The number of amides is 1. The lowest BCUT2D eigenvalue weighted by atomic mass is 10.3. The molecule has 0 bridgehead atoms. The number of ether oxygens (including phenoxy) is 1. The van der Waals surface area contributed by atoms with Crippen LogP contribution in [-0.4, -0.2) is 48.6 Å². The molecule has 1 saturated heterocycles. The Balaban J connectivity index is 1.26. The zero-order valence-corrected chi connectivity index (χ0v) is 15.7. The lowest BCUT2D eigenvalue weighted by Crippen LogP contribution is -3.13. The molecular formula is C20H21FN3O2S+. The van der Waals surface area contributed by atoms with E-state index in [2.05, 4.69) is 6.07 Å². The summed E-state index contributed by atoms with van der Waals surface area (Å²) in [5.41, 5.74) is 1.06. The molecule has 1 fully saturated rings. The molecule has 1 N–H and O–H groups in total. The van der Waals surface area contributed by atoms with Gasteiger partial charge in [0.2, 0.25) is 0 Å². The van der Waals surface area contributed by atoms with E-state index < -0.39 is 0 Å². The first kappa shape index (κ1) is 17.9. The van der Waals surface area contributed by atoms with E-state index in [9.17, 15) is 9.18 Å². The van der Waals surface area contributed by atoms with Gasteiger partial charge in [-0.15, -0.1) is 11.3 Å². The van der Waals surface area contributed by atoms with Gasteiger partial charge in [-0.1, -0.05) is 18.2 Å². The number of rotatable bonds is 5. The number of carbonyl (C=O) groups is 1. The average Bonchev–Trinajstić information content (AvgIpc) is 3.09. The third-order valence-corrected chi connectivity index (χ3v) is 5.76. The van der Waals surface area contributed by atoms with Crippen molar-refractivity contribution in [2.24, 2.45) is 0 Å². The lowest BCUT2D eigenvalue weighted by molar-refractivity contribution is -0.917. The van der Waals surface area contributed by atoms with Crippen LogP contribution in [0.3, 0.4) is 0 Å². The summed E-state index contributed by atoms with van der Waals surface area (Å²) in [6.45, 7) is 4.01. The molecule has 1 aromatic heterocycles. The van der Waals surface area contributed by atoms with Crippen molar-refractivity contribution in [3.05, 3.63) is 59.4 Å². The monoisotopic (exact) mass is 386 g/mol. The zero-order valence-electron chi connectivity index (χ0n) is 14.9. The van der Waals surface area contributed by atoms with E-state index in [4.69, 9.17) is 9.72 Å². The minimum absolute atomic E-state index is 0.0571. The van der Waals surface area contributed by atoms with Crippen molar-refractivity contribution in [1.29, 1.82) is 0 Å². The van der Waals surface area contributed by atoms with E-state index in [0.717, 1.165) is 30.2 Å². The fourth-order valence-electron chi connectivity index (χ4n) is 3.25. The van der Waals surface area contributed by atoms with Crippen molar-refractivity contribution in [2.75, 3.05) is 32.8 Å². The minimum atomic E-state index is -0.369. The van der Waals surface area contributed by atoms with Crippen LogP contribution in [0, 0.1) is 5.82 Å². The van der Waals surface area contributed by atoms with E-state index >= 15 is 0 Å². The molecule has 0 spiro atoms. The number of halogens is 1. The molecule has 5 nitrogen and oxygen atoms in total. The third-order valence-electron chi connectivity index (χ3n) is 4.72. The second-order valence-electron chi connectivity index (χ2n) is 6.63. The summed E-state index contributed by atoms with van der Waals surface area (Å²) < 4.78 is 19.8. The summed E-state index contributed by atoms with van der Waals surface area (Å²) in [5.74, 6) is -0.0474. The first-order valence-corrected chi connectivity index (χ1v) is 9.83. The van der Waals surface area contributed by atoms with Crippen molar-refractivity contribution in [3.8, 4) is 5.75 Å². The van der Waals surface area contributed by atoms with E-state index in [1.165, 1.54) is 21.7 Å². The zero-order chi connectivity index (χ0) is 18.6. The number of thiazole rings is 1. The Morgan fingerprint density at radius 1 is 1.19 bits per heavy atom. The van der Waals surface area contributed by atoms with Gasteiger partial charge in [-0.25, -0.2) is 9.37 Å². The van der Waals surface area contributed by atoms with Crippen molar-refractivity contribution < 1.29 is 18.8 Å². The molecule has 1 amide bonds. The van der Waals surface area contributed by atoms with Crippen LogP contribution in [0.25, 0.3) is 10.2 Å². The molecule has 0 radical (unpaired) electrons. The molecule has 27 heavy (non-hydrogen) atoms. The minimum Gasteiger partial charge on any atom is -0.484 e. The van der Waals surface area contributed by atoms with Crippen LogP contribution in [0.2, 0.25) is 0 Å². The Morgan fingerprint density at radius 2 is 2.00 bits per heavy atom. The first-order chi connectivity index (χ1) is 13.2. The number of hydrogen-bond acceptors (Lipinski definition) is 4. The molecule has 0 aliphatic carbocycles. The van der Waals surface area contributed by atoms with Gasteiger partial charge < -0.3 is 14.5 Å². The first-order valence-electron chi connectivity index (χ1n) is 9.01. The van der Waals surface area contributed by atoms with E-state index in [1.54, 1.807) is 23.5 Å². The fourth-order valence-corrected chi connectivity index (χ4v) is 4.29. The van der Waals surface area contributed by atoms with Gasteiger partial charge in [-0.05, 0) is 24.3 Å². The Morgan fingerprint density at radius 3 is 2.78 bits per heavy atom. The van der Waals surface area contributed by atoms with Crippen LogP contribution < -0.4 is 9.64 Å². The normalized spacial score (nSPS) is 15.2. The highest BCUT2D eigenvalue weighted by molar-refractivity contribution is 7.18. The highest BCUT2D eigenvalue weighted by Gasteiger charge is 2.24. The van der Waals surface area contributed by atoms with Crippen molar-refractivity contribution in [1.82, 2.24) is 9.88 Å². The van der Waals surface area contributed by atoms with Gasteiger partial charge in [-0.2, -0.15) is 0 Å². The number of nitrogens with zero attached hydrogens (tertiary/aromatic N) is 2. The summed E-state index contributed by atoms with van der Waals surface area (Å²) in [6, 6.07) is 14.0. The van der Waals surface area contributed by atoms with Crippen LogP contribution in [0.15, 0.2) is 48.5 Å². The Labute approximate surface area is 161 Å². The summed E-state index contributed by atoms with van der Waals surface area (Å²) >= 11 is 1.74. The number of quaternary nitrogens is 1. The largest absolute Gasteiger partial charge is 0.484 e. The van der Waals surface area contributed by atoms with Gasteiger partial charge in [-0.3, -0.25) is 4.79 Å². The number of carbonyl (C=O) groups excluding carboxylic acids is 1. The summed E-state index contributed by atoms with van der Waals surface area (Å²) in [5, 5.41) is 1.14. The van der Waals surface area contributed by atoms with Crippen LogP contribution in [-0.2, 0) is 11.3 Å². The van der Waals surface area contributed by atoms with Crippen LogP contribution in [0.1, 0.15) is 5.01 Å². The van der Waals surface area contributed by atoms with Crippen molar-refractivity contribution in [2.45, 2.75) is 6.54 Å². The smallest absolute Gasteiger partial charge is 0.260 e. The van der Waals surface area contributed by atoms with Gasteiger partial charge in [0.1, 0.15) is 23.1 Å². The summed E-state index contributed by atoms with van der Waals surface area (Å²) in [7, 11) is 0. The quantitative estimate of drug-likeness (QED) is 0.727. The lowest BCUT2D eigenvalue weighted by Gasteiger charge is -2.31. The van der Waals surface area contributed by atoms with Crippen LogP contribution in [0.4, 0.5) is 4.39 Å². The number of para-hydroxylation sites is 1. The molecule has 0 unspecified atom stereocenters. The fraction of sp³-hybridized carbons (Fsp3) is 0.300. The number of benzene rings is 2. The van der Waals surface area contributed by atoms with Gasteiger partial charge in [0.15, 0.2) is 6.61 Å². The molecule has 3 aromatic rings. The summed E-state index contributed by atoms with van der Waals surface area (Å²) in [4.78, 5) is 20.3. The van der Waals surface area contributed by atoms with Gasteiger partial charge in [0.25, 0.3) is 5.91 Å². The SMILES string of the molecule is O=C(COc1cccc(F)c1)N1CC[NH+](Cc2nc3ccccc3s2)CC1. The second-order valence-corrected chi connectivity index (χ2v) is 7.74. The molecule has 4 rings (SSSR count). The number of fused-ring (bicyclic) bond motifs is 1. The predicted molar refractivity (Wildman–Crippen MR) is 102 cm³/mol. The molecule has 1 aliphatic rings. The van der Waals surface area contributed by atoms with E-state index in [0.29, 0.717) is 18.8 Å². The van der Waals surface area contributed by atoms with E-state index in [-0.39, 0.29) is 18.3 Å². The Bertz CT molecular complexity index is 905. The maximum absolute atomic E-state index is 13.2. The Kier molecular flexibility index (Phi) is 5.31. The third kappa shape index (κ3) is 4.43. The number of nitrogens with one attached hydrogen (secondary N) is 1.